The molecule has 0 spiro atoms. The van der Waals surface area contributed by atoms with Gasteiger partial charge in [-0.1, -0.05) is 13.8 Å². The first-order chi connectivity index (χ1) is 19.0. The summed E-state index contributed by atoms with van der Waals surface area (Å²) in [4.78, 5) is 27.2. The smallest absolute Gasteiger partial charge is 0.303 e. The number of rotatable bonds is 4. The number of likely N-dealkylation sites (N-methyl/N-ethyl adjacent to an activating group) is 1. The second-order valence-corrected chi connectivity index (χ2v) is 15.3. The van der Waals surface area contributed by atoms with E-state index in [1.54, 1.807) is 13.8 Å². The predicted molar refractivity (Wildman–Crippen MR) is 153 cm³/mol. The monoisotopic (exact) mass is 559 g/mol. The summed E-state index contributed by atoms with van der Waals surface area (Å²) < 4.78 is 19.2. The number of nitrogens with zero attached hydrogens (tertiary/aromatic N) is 2. The van der Waals surface area contributed by atoms with E-state index in [0.717, 1.165) is 50.0 Å². The Kier molecular flexibility index (Phi) is 7.83. The lowest BCUT2D eigenvalue weighted by atomic mass is 9.44. The van der Waals surface area contributed by atoms with Crippen molar-refractivity contribution in [3.05, 3.63) is 0 Å². The molecule has 226 valence electrons. The Labute approximate surface area is 242 Å². The molecule has 4 saturated carbocycles. The van der Waals surface area contributed by atoms with Gasteiger partial charge in [-0.3, -0.25) is 14.5 Å². The quantitative estimate of drug-likeness (QED) is 0.364. The van der Waals surface area contributed by atoms with E-state index in [2.05, 4.69) is 25.8 Å². The van der Waals surface area contributed by atoms with Crippen LogP contribution in [0.1, 0.15) is 91.9 Å². The lowest BCUT2D eigenvalue weighted by molar-refractivity contribution is -0.940. The largest absolute Gasteiger partial charge is 0.461 e. The molecule has 6 aliphatic rings. The van der Waals surface area contributed by atoms with E-state index in [9.17, 15) is 9.59 Å². The van der Waals surface area contributed by atoms with Crippen LogP contribution in [-0.4, -0.2) is 92.1 Å². The third kappa shape index (κ3) is 4.84. The molecule has 10 atom stereocenters. The molecule has 3 unspecified atom stereocenters. The standard InChI is InChI=1S/C33H55N2O5/c1-22(36)39-30-19-24-9-10-25-26(33(24,4)21-28(30)34-13-17-38-18-14-34)11-12-32(3)27(25)20-29(31(32)40-23(2)37)35(5)15-7-6-8-16-35/h24-31H,6-21H2,1-5H3/q+1/t24-,25?,26?,27?,28-,29-,30-,31-,32-,33-/m0/s1. The number of carbonyl (C=O) groups is 2. The third-order valence-electron chi connectivity index (χ3n) is 13.4. The van der Waals surface area contributed by atoms with Gasteiger partial charge in [-0.15, -0.1) is 0 Å². The van der Waals surface area contributed by atoms with Crippen molar-refractivity contribution in [2.75, 3.05) is 46.4 Å². The van der Waals surface area contributed by atoms with Gasteiger partial charge in [0.2, 0.25) is 0 Å². The minimum Gasteiger partial charge on any atom is -0.461 e. The molecule has 0 aromatic carbocycles. The molecule has 0 aromatic heterocycles. The molecule has 40 heavy (non-hydrogen) atoms. The number of esters is 2. The first kappa shape index (κ1) is 28.9. The predicted octanol–water partition coefficient (Wildman–Crippen LogP) is 4.81. The number of quaternary nitrogens is 1. The van der Waals surface area contributed by atoms with E-state index < -0.39 is 0 Å². The van der Waals surface area contributed by atoms with E-state index >= 15 is 0 Å². The Hall–Kier alpha value is -1.18. The maximum Gasteiger partial charge on any atom is 0.303 e. The molecule has 7 nitrogen and oxygen atoms in total. The average Bonchev–Trinajstić information content (AvgIpc) is 3.21. The number of ether oxygens (including phenoxy) is 3. The summed E-state index contributed by atoms with van der Waals surface area (Å²) in [5.74, 6) is 2.35. The number of fused-ring (bicyclic) bond motifs is 5. The average molecular weight is 560 g/mol. The highest BCUT2D eigenvalue weighted by Crippen LogP contribution is 2.67. The molecular weight excluding hydrogens is 504 g/mol. The molecule has 0 bridgehead atoms. The highest BCUT2D eigenvalue weighted by atomic mass is 16.5. The summed E-state index contributed by atoms with van der Waals surface area (Å²) >= 11 is 0. The summed E-state index contributed by atoms with van der Waals surface area (Å²) in [6, 6.07) is 0.702. The zero-order valence-corrected chi connectivity index (χ0v) is 25.9. The van der Waals surface area contributed by atoms with Gasteiger partial charge in [0, 0.05) is 44.8 Å². The van der Waals surface area contributed by atoms with Crippen LogP contribution in [0, 0.1) is 34.5 Å². The van der Waals surface area contributed by atoms with E-state index in [1.165, 1.54) is 58.0 Å². The lowest BCUT2D eigenvalue weighted by Crippen LogP contribution is -2.62. The highest BCUT2D eigenvalue weighted by Gasteiger charge is 2.67. The Morgan fingerprint density at radius 2 is 1.57 bits per heavy atom. The van der Waals surface area contributed by atoms with Crippen molar-refractivity contribution in [2.45, 2.75) is 116 Å². The molecule has 0 aromatic rings. The van der Waals surface area contributed by atoms with Crippen LogP contribution in [0.2, 0.25) is 0 Å². The van der Waals surface area contributed by atoms with Crippen LogP contribution in [0.4, 0.5) is 0 Å². The van der Waals surface area contributed by atoms with Crippen LogP contribution in [0.5, 0.6) is 0 Å². The molecule has 0 radical (unpaired) electrons. The third-order valence-corrected chi connectivity index (χ3v) is 13.4. The highest BCUT2D eigenvalue weighted by molar-refractivity contribution is 5.66. The SMILES string of the molecule is CC(=O)O[C@H]1C[C@@H]2CCC3C4C[C@H]([N+]5(C)CCCCC5)[C@H](OC(C)=O)[C@@]4(C)CCC3[C@@]2(C)C[C@@H]1N1CCOCC1. The first-order valence-electron chi connectivity index (χ1n) is 16.6. The summed E-state index contributed by atoms with van der Waals surface area (Å²) in [6.45, 7) is 14.1. The van der Waals surface area contributed by atoms with E-state index in [1.807, 2.05) is 0 Å². The van der Waals surface area contributed by atoms with Gasteiger partial charge in [0.15, 0.2) is 6.10 Å². The second-order valence-electron chi connectivity index (χ2n) is 15.3. The number of hydrogen-bond acceptors (Lipinski definition) is 6. The Morgan fingerprint density at radius 3 is 2.25 bits per heavy atom. The van der Waals surface area contributed by atoms with Crippen molar-refractivity contribution in [3.8, 4) is 0 Å². The Balaban J connectivity index is 1.29. The molecule has 4 aliphatic carbocycles. The Morgan fingerprint density at radius 1 is 0.875 bits per heavy atom. The van der Waals surface area contributed by atoms with Crippen LogP contribution in [-0.2, 0) is 23.8 Å². The van der Waals surface area contributed by atoms with Crippen molar-refractivity contribution in [1.29, 1.82) is 0 Å². The van der Waals surface area contributed by atoms with E-state index in [4.69, 9.17) is 14.2 Å². The van der Waals surface area contributed by atoms with Crippen molar-refractivity contribution in [3.63, 3.8) is 0 Å². The van der Waals surface area contributed by atoms with Gasteiger partial charge in [-0.2, -0.15) is 0 Å². The molecule has 2 saturated heterocycles. The number of hydrogen-bond donors (Lipinski definition) is 0. The minimum atomic E-state index is -0.142. The van der Waals surface area contributed by atoms with Gasteiger partial charge in [-0.25, -0.2) is 0 Å². The fourth-order valence-corrected chi connectivity index (χ4v) is 11.4. The van der Waals surface area contributed by atoms with E-state index in [-0.39, 0.29) is 41.0 Å². The molecule has 2 heterocycles. The van der Waals surface area contributed by atoms with Crippen molar-refractivity contribution >= 4 is 11.9 Å². The maximum absolute atomic E-state index is 12.5. The summed E-state index contributed by atoms with van der Waals surface area (Å²) in [5.41, 5.74) is 0.320. The maximum atomic E-state index is 12.5. The van der Waals surface area contributed by atoms with Crippen molar-refractivity contribution in [2.24, 2.45) is 34.5 Å². The van der Waals surface area contributed by atoms with Crippen molar-refractivity contribution < 1.29 is 28.3 Å². The molecule has 6 rings (SSSR count). The first-order valence-corrected chi connectivity index (χ1v) is 16.6. The topological polar surface area (TPSA) is 65.1 Å². The zero-order chi connectivity index (χ0) is 28.3. The van der Waals surface area contributed by atoms with Crippen LogP contribution < -0.4 is 0 Å². The van der Waals surface area contributed by atoms with Gasteiger partial charge in [0.25, 0.3) is 0 Å². The summed E-state index contributed by atoms with van der Waals surface area (Å²) in [6.07, 6.45) is 12.1. The van der Waals surface area contributed by atoms with Gasteiger partial charge in [0.05, 0.1) is 33.4 Å². The van der Waals surface area contributed by atoms with Gasteiger partial charge >= 0.3 is 11.9 Å². The number of morpholine rings is 1. The summed E-state index contributed by atoms with van der Waals surface area (Å²) in [7, 11) is 2.46. The van der Waals surface area contributed by atoms with Crippen molar-refractivity contribution in [1.82, 2.24) is 4.90 Å². The fourth-order valence-electron chi connectivity index (χ4n) is 11.4. The number of likely N-dealkylation sites (tertiary alicyclic amines) is 1. The van der Waals surface area contributed by atoms with Crippen LogP contribution in [0.15, 0.2) is 0 Å². The molecule has 7 heteroatoms. The Bertz CT molecular complexity index is 960. The van der Waals surface area contributed by atoms with Crippen LogP contribution in [0.25, 0.3) is 0 Å². The van der Waals surface area contributed by atoms with Gasteiger partial charge in [0.1, 0.15) is 12.1 Å². The molecule has 0 amide bonds. The second kappa shape index (κ2) is 10.8. The van der Waals surface area contributed by atoms with Gasteiger partial charge in [-0.05, 0) is 86.9 Å². The van der Waals surface area contributed by atoms with Gasteiger partial charge < -0.3 is 18.7 Å². The normalized spacial score (nSPS) is 46.9. The lowest BCUT2D eigenvalue weighted by Gasteiger charge is -2.62. The van der Waals surface area contributed by atoms with Crippen LogP contribution in [0.3, 0.4) is 0 Å². The fraction of sp³-hybridized carbons (Fsp3) is 0.939. The van der Waals surface area contributed by atoms with Crippen LogP contribution >= 0.6 is 0 Å². The number of carbonyl (C=O) groups excluding carboxylic acids is 2. The minimum absolute atomic E-state index is 0.00756. The summed E-state index contributed by atoms with van der Waals surface area (Å²) in [5, 5.41) is 0. The van der Waals surface area contributed by atoms with E-state index in [0.29, 0.717) is 29.7 Å². The molecular formula is C33H55N2O5+. The number of piperidine rings is 1. The molecule has 2 aliphatic heterocycles. The zero-order valence-electron chi connectivity index (χ0n) is 25.9. The molecule has 6 fully saturated rings. The molecule has 0 N–H and O–H groups in total.